The molecule has 0 unspecified atom stereocenters. The van der Waals surface area contributed by atoms with Crippen LogP contribution in [0.4, 0.5) is 5.69 Å². The van der Waals surface area contributed by atoms with Gasteiger partial charge in [0.05, 0.1) is 11.9 Å². The van der Waals surface area contributed by atoms with Crippen LogP contribution in [-0.2, 0) is 4.79 Å². The SMILES string of the molecule is CC(=O)N1CCN(c2ccc(C)nc2)CC1. The van der Waals surface area contributed by atoms with Crippen LogP contribution in [0.1, 0.15) is 12.6 Å². The number of carbonyl (C=O) groups is 1. The monoisotopic (exact) mass is 219 g/mol. The number of hydrogen-bond donors (Lipinski definition) is 0. The summed E-state index contributed by atoms with van der Waals surface area (Å²) in [5.74, 6) is 0.168. The Hall–Kier alpha value is -1.58. The number of aromatic nitrogens is 1. The smallest absolute Gasteiger partial charge is 0.219 e. The maximum Gasteiger partial charge on any atom is 0.219 e. The van der Waals surface area contributed by atoms with Crippen LogP contribution in [0.15, 0.2) is 18.3 Å². The fourth-order valence-electron chi connectivity index (χ4n) is 1.93. The van der Waals surface area contributed by atoms with Crippen molar-refractivity contribution in [3.8, 4) is 0 Å². The van der Waals surface area contributed by atoms with Crippen LogP contribution in [0.3, 0.4) is 0 Å². The second kappa shape index (κ2) is 4.51. The minimum atomic E-state index is 0.168. The molecule has 2 rings (SSSR count). The van der Waals surface area contributed by atoms with Gasteiger partial charge in [0.1, 0.15) is 0 Å². The first-order chi connectivity index (χ1) is 7.66. The van der Waals surface area contributed by atoms with E-state index in [2.05, 4.69) is 16.0 Å². The maximum absolute atomic E-state index is 11.2. The minimum absolute atomic E-state index is 0.168. The Morgan fingerprint density at radius 3 is 2.44 bits per heavy atom. The summed E-state index contributed by atoms with van der Waals surface area (Å²) in [7, 11) is 0. The van der Waals surface area contributed by atoms with Crippen LogP contribution in [0.25, 0.3) is 0 Å². The van der Waals surface area contributed by atoms with E-state index in [0.29, 0.717) is 0 Å². The molecule has 2 heterocycles. The molecule has 86 valence electrons. The molecule has 0 spiro atoms. The highest BCUT2D eigenvalue weighted by Crippen LogP contribution is 2.15. The third-order valence-corrected chi connectivity index (χ3v) is 2.99. The lowest BCUT2D eigenvalue weighted by atomic mass is 10.2. The summed E-state index contributed by atoms with van der Waals surface area (Å²) in [6.45, 7) is 7.02. The Bertz CT molecular complexity index is 366. The van der Waals surface area contributed by atoms with Crippen LogP contribution in [-0.4, -0.2) is 42.0 Å². The molecule has 1 aromatic rings. The van der Waals surface area contributed by atoms with Crippen LogP contribution in [0.2, 0.25) is 0 Å². The van der Waals surface area contributed by atoms with E-state index in [1.54, 1.807) is 6.92 Å². The summed E-state index contributed by atoms with van der Waals surface area (Å²) in [5, 5.41) is 0. The molecule has 0 aliphatic carbocycles. The van der Waals surface area contributed by atoms with Gasteiger partial charge in [-0.3, -0.25) is 9.78 Å². The van der Waals surface area contributed by atoms with E-state index in [1.807, 2.05) is 24.1 Å². The van der Waals surface area contributed by atoms with Crippen molar-refractivity contribution < 1.29 is 4.79 Å². The molecule has 1 aromatic heterocycles. The largest absolute Gasteiger partial charge is 0.367 e. The number of carbonyl (C=O) groups excluding carboxylic acids is 1. The summed E-state index contributed by atoms with van der Waals surface area (Å²) in [5.41, 5.74) is 2.18. The molecule has 0 atom stereocenters. The maximum atomic E-state index is 11.2. The van der Waals surface area contributed by atoms with Crippen molar-refractivity contribution in [2.75, 3.05) is 31.1 Å². The number of aryl methyl sites for hydroxylation is 1. The molecule has 1 saturated heterocycles. The number of pyridine rings is 1. The first-order valence-electron chi connectivity index (χ1n) is 5.60. The highest BCUT2D eigenvalue weighted by molar-refractivity contribution is 5.73. The molecule has 0 N–H and O–H groups in total. The number of piperazine rings is 1. The van der Waals surface area contributed by atoms with Gasteiger partial charge >= 0.3 is 0 Å². The summed E-state index contributed by atoms with van der Waals surface area (Å²) in [4.78, 5) is 19.6. The summed E-state index contributed by atoms with van der Waals surface area (Å²) < 4.78 is 0. The van der Waals surface area contributed by atoms with Crippen LogP contribution in [0.5, 0.6) is 0 Å². The molecule has 0 aromatic carbocycles. The molecule has 1 aliphatic heterocycles. The molecule has 1 amide bonds. The van der Waals surface area contributed by atoms with Crippen molar-refractivity contribution in [1.82, 2.24) is 9.88 Å². The number of hydrogen-bond acceptors (Lipinski definition) is 3. The topological polar surface area (TPSA) is 36.4 Å². The highest BCUT2D eigenvalue weighted by atomic mass is 16.2. The van der Waals surface area contributed by atoms with Gasteiger partial charge in [-0.1, -0.05) is 0 Å². The van der Waals surface area contributed by atoms with Crippen molar-refractivity contribution in [2.24, 2.45) is 0 Å². The zero-order valence-corrected chi connectivity index (χ0v) is 9.81. The molecule has 4 nitrogen and oxygen atoms in total. The molecule has 16 heavy (non-hydrogen) atoms. The number of anilines is 1. The Balaban J connectivity index is 1.99. The third-order valence-electron chi connectivity index (χ3n) is 2.99. The van der Waals surface area contributed by atoms with E-state index in [0.717, 1.165) is 37.6 Å². The molecule has 0 radical (unpaired) electrons. The van der Waals surface area contributed by atoms with Gasteiger partial charge in [0.25, 0.3) is 0 Å². The van der Waals surface area contributed by atoms with E-state index in [1.165, 1.54) is 0 Å². The zero-order chi connectivity index (χ0) is 11.5. The molecular formula is C12H17N3O. The van der Waals surface area contributed by atoms with Gasteiger partial charge in [-0.15, -0.1) is 0 Å². The fraction of sp³-hybridized carbons (Fsp3) is 0.500. The summed E-state index contributed by atoms with van der Waals surface area (Å²) >= 11 is 0. The number of nitrogens with zero attached hydrogens (tertiary/aromatic N) is 3. The van der Waals surface area contributed by atoms with Crippen molar-refractivity contribution in [1.29, 1.82) is 0 Å². The molecule has 1 fully saturated rings. The first-order valence-corrected chi connectivity index (χ1v) is 5.60. The summed E-state index contributed by atoms with van der Waals surface area (Å²) in [6, 6.07) is 4.11. The minimum Gasteiger partial charge on any atom is -0.367 e. The van der Waals surface area contributed by atoms with Crippen molar-refractivity contribution in [2.45, 2.75) is 13.8 Å². The average Bonchev–Trinajstić information content (AvgIpc) is 2.30. The third kappa shape index (κ3) is 2.32. The lowest BCUT2D eigenvalue weighted by molar-refractivity contribution is -0.129. The van der Waals surface area contributed by atoms with E-state index in [-0.39, 0.29) is 5.91 Å². The Labute approximate surface area is 95.9 Å². The Kier molecular flexibility index (Phi) is 3.08. The van der Waals surface area contributed by atoms with Gasteiger partial charge in [0.2, 0.25) is 5.91 Å². The fourth-order valence-corrected chi connectivity index (χ4v) is 1.93. The van der Waals surface area contributed by atoms with Gasteiger partial charge in [-0.25, -0.2) is 0 Å². The van der Waals surface area contributed by atoms with E-state index >= 15 is 0 Å². The molecule has 1 aliphatic rings. The van der Waals surface area contributed by atoms with E-state index < -0.39 is 0 Å². The molecular weight excluding hydrogens is 202 g/mol. The first kappa shape index (κ1) is 10.9. The lowest BCUT2D eigenvalue weighted by Crippen LogP contribution is -2.48. The molecule has 0 bridgehead atoms. The van der Waals surface area contributed by atoms with Gasteiger partial charge in [0.15, 0.2) is 0 Å². The average molecular weight is 219 g/mol. The number of rotatable bonds is 1. The lowest BCUT2D eigenvalue weighted by Gasteiger charge is -2.35. The number of amides is 1. The summed E-state index contributed by atoms with van der Waals surface area (Å²) in [6.07, 6.45) is 1.90. The van der Waals surface area contributed by atoms with Crippen LogP contribution in [0, 0.1) is 6.92 Å². The predicted octanol–water partition coefficient (Wildman–Crippen LogP) is 1.06. The van der Waals surface area contributed by atoms with Crippen molar-refractivity contribution in [3.63, 3.8) is 0 Å². The van der Waals surface area contributed by atoms with Crippen molar-refractivity contribution in [3.05, 3.63) is 24.0 Å². The standard InChI is InChI=1S/C12H17N3O/c1-10-3-4-12(9-13-10)15-7-5-14(6-8-15)11(2)16/h3-4,9H,5-8H2,1-2H3. The highest BCUT2D eigenvalue weighted by Gasteiger charge is 2.18. The molecule has 4 heteroatoms. The van der Waals surface area contributed by atoms with E-state index in [4.69, 9.17) is 0 Å². The van der Waals surface area contributed by atoms with Gasteiger partial charge in [-0.2, -0.15) is 0 Å². The second-order valence-electron chi connectivity index (χ2n) is 4.15. The molecule has 0 saturated carbocycles. The zero-order valence-electron chi connectivity index (χ0n) is 9.81. The quantitative estimate of drug-likeness (QED) is 0.708. The predicted molar refractivity (Wildman–Crippen MR) is 63.4 cm³/mol. The van der Waals surface area contributed by atoms with Gasteiger partial charge in [-0.05, 0) is 19.1 Å². The Morgan fingerprint density at radius 1 is 1.25 bits per heavy atom. The van der Waals surface area contributed by atoms with Gasteiger partial charge in [0, 0.05) is 38.8 Å². The van der Waals surface area contributed by atoms with E-state index in [9.17, 15) is 4.79 Å². The van der Waals surface area contributed by atoms with Gasteiger partial charge < -0.3 is 9.80 Å². The second-order valence-corrected chi connectivity index (χ2v) is 4.15. The van der Waals surface area contributed by atoms with Crippen LogP contribution < -0.4 is 4.90 Å². The van der Waals surface area contributed by atoms with Crippen LogP contribution >= 0.6 is 0 Å². The normalized spacial score (nSPS) is 16.4. The van der Waals surface area contributed by atoms with Crippen molar-refractivity contribution >= 4 is 11.6 Å². The Morgan fingerprint density at radius 2 is 1.94 bits per heavy atom.